The Hall–Kier alpha value is -1.07. The Morgan fingerprint density at radius 3 is 2.90 bits per heavy atom. The molecule has 1 heterocycles. The summed E-state index contributed by atoms with van der Waals surface area (Å²) in [4.78, 5) is 3.95. The minimum Gasteiger partial charge on any atom is -0.384 e. The van der Waals surface area contributed by atoms with Crippen LogP contribution in [0.1, 0.15) is 18.9 Å². The number of aliphatic hydroxyl groups is 1. The largest absolute Gasteiger partial charge is 0.384 e. The third kappa shape index (κ3) is 5.51. The molecule has 0 aliphatic rings. The summed E-state index contributed by atoms with van der Waals surface area (Å²) in [6.07, 6.45) is 5.48. The Morgan fingerprint density at radius 1 is 1.50 bits per heavy atom. The summed E-state index contributed by atoms with van der Waals surface area (Å²) in [5.74, 6) is 5.99. The molecule has 1 aromatic rings. The summed E-state index contributed by atoms with van der Waals surface area (Å²) >= 11 is 1.67. The van der Waals surface area contributed by atoms with Gasteiger partial charge in [0.15, 0.2) is 0 Å². The molecule has 0 radical (unpaired) electrons. The molecule has 0 saturated carbocycles. The molecule has 0 saturated heterocycles. The second-order valence-corrected chi connectivity index (χ2v) is 6.87. The fourth-order valence-electron chi connectivity index (χ4n) is 1.46. The first-order chi connectivity index (χ1) is 9.49. The van der Waals surface area contributed by atoms with Crippen molar-refractivity contribution in [3.63, 3.8) is 0 Å². The van der Waals surface area contributed by atoms with Gasteiger partial charge in [-0.1, -0.05) is 11.8 Å². The molecule has 1 atom stereocenters. The van der Waals surface area contributed by atoms with Crippen LogP contribution in [0.25, 0.3) is 0 Å². The first-order valence-electron chi connectivity index (χ1n) is 6.05. The van der Waals surface area contributed by atoms with Gasteiger partial charge < -0.3 is 5.11 Å². The second kappa shape index (κ2) is 8.27. The van der Waals surface area contributed by atoms with Gasteiger partial charge in [0.1, 0.15) is 11.5 Å². The molecule has 5 nitrogen and oxygen atoms in total. The number of sulfonamides is 1. The highest BCUT2D eigenvalue weighted by molar-refractivity contribution is 7.98. The molecule has 0 amide bonds. The van der Waals surface area contributed by atoms with E-state index in [1.807, 2.05) is 13.2 Å². The van der Waals surface area contributed by atoms with Gasteiger partial charge in [0, 0.05) is 24.0 Å². The van der Waals surface area contributed by atoms with Crippen molar-refractivity contribution in [2.75, 3.05) is 18.6 Å². The average molecular weight is 314 g/mol. The Balaban J connectivity index is 2.87. The van der Waals surface area contributed by atoms with E-state index in [0.717, 1.165) is 12.2 Å². The first-order valence-corrected chi connectivity index (χ1v) is 8.93. The van der Waals surface area contributed by atoms with E-state index >= 15 is 0 Å². The zero-order valence-electron chi connectivity index (χ0n) is 11.5. The van der Waals surface area contributed by atoms with Crippen molar-refractivity contribution < 1.29 is 13.5 Å². The lowest BCUT2D eigenvalue weighted by Crippen LogP contribution is -2.33. The topological polar surface area (TPSA) is 79.3 Å². The number of nitrogens with one attached hydrogen (secondary N) is 1. The molecular weight excluding hydrogens is 296 g/mol. The molecule has 1 rings (SSSR count). The molecule has 0 spiro atoms. The van der Waals surface area contributed by atoms with Crippen LogP contribution in [0, 0.1) is 11.8 Å². The van der Waals surface area contributed by atoms with Gasteiger partial charge in [0.25, 0.3) is 0 Å². The maximum absolute atomic E-state index is 12.2. The van der Waals surface area contributed by atoms with Gasteiger partial charge in [-0.25, -0.2) is 13.1 Å². The van der Waals surface area contributed by atoms with Crippen LogP contribution in [-0.2, 0) is 10.0 Å². The highest BCUT2D eigenvalue weighted by Crippen LogP contribution is 2.11. The maximum Gasteiger partial charge on any atom is 0.242 e. The van der Waals surface area contributed by atoms with Crippen molar-refractivity contribution in [3.05, 3.63) is 24.0 Å². The van der Waals surface area contributed by atoms with Crippen LogP contribution in [0.15, 0.2) is 23.4 Å². The van der Waals surface area contributed by atoms with E-state index in [4.69, 9.17) is 5.11 Å². The van der Waals surface area contributed by atoms with Crippen LogP contribution in [0.3, 0.4) is 0 Å². The van der Waals surface area contributed by atoms with Crippen LogP contribution in [-0.4, -0.2) is 43.2 Å². The maximum atomic E-state index is 12.2. The number of thioether (sulfide) groups is 1. The zero-order chi connectivity index (χ0) is 15.0. The van der Waals surface area contributed by atoms with E-state index < -0.39 is 10.0 Å². The van der Waals surface area contributed by atoms with Gasteiger partial charge in [0.2, 0.25) is 10.0 Å². The summed E-state index contributed by atoms with van der Waals surface area (Å²) < 4.78 is 27.0. The van der Waals surface area contributed by atoms with E-state index in [1.54, 1.807) is 11.8 Å². The normalized spacial score (nSPS) is 12.6. The highest BCUT2D eigenvalue weighted by Gasteiger charge is 2.17. The predicted molar refractivity (Wildman–Crippen MR) is 81.0 cm³/mol. The number of nitrogens with zero attached hydrogens (tertiary/aromatic N) is 1. The summed E-state index contributed by atoms with van der Waals surface area (Å²) in [7, 11) is -3.59. The van der Waals surface area contributed by atoms with Gasteiger partial charge in [-0.05, 0) is 31.4 Å². The fourth-order valence-corrected chi connectivity index (χ4v) is 3.32. The minimum absolute atomic E-state index is 0.0817. The van der Waals surface area contributed by atoms with Crippen LogP contribution in [0.2, 0.25) is 0 Å². The van der Waals surface area contributed by atoms with Gasteiger partial charge >= 0.3 is 0 Å². The van der Waals surface area contributed by atoms with Crippen LogP contribution in [0.5, 0.6) is 0 Å². The third-order valence-electron chi connectivity index (χ3n) is 2.45. The minimum atomic E-state index is -3.59. The van der Waals surface area contributed by atoms with Crippen LogP contribution in [0.4, 0.5) is 0 Å². The van der Waals surface area contributed by atoms with Crippen molar-refractivity contribution in [1.29, 1.82) is 0 Å². The Bertz CT molecular complexity index is 591. The van der Waals surface area contributed by atoms with Crippen molar-refractivity contribution >= 4 is 21.8 Å². The SMILES string of the molecule is CSCCC(C)NS(=O)(=O)c1cncc(C#CCO)c1. The van der Waals surface area contributed by atoms with Crippen LogP contribution < -0.4 is 4.72 Å². The van der Waals surface area contributed by atoms with Crippen molar-refractivity contribution in [1.82, 2.24) is 9.71 Å². The Labute approximate surface area is 124 Å². The average Bonchev–Trinajstić information content (AvgIpc) is 2.42. The lowest BCUT2D eigenvalue weighted by atomic mass is 10.3. The lowest BCUT2D eigenvalue weighted by molar-refractivity contribution is 0.350. The monoisotopic (exact) mass is 314 g/mol. The summed E-state index contributed by atoms with van der Waals surface area (Å²) in [6, 6.07) is 1.30. The Kier molecular flexibility index (Phi) is 7.02. The molecule has 7 heteroatoms. The van der Waals surface area contributed by atoms with E-state index in [1.165, 1.54) is 18.5 Å². The number of aromatic nitrogens is 1. The van der Waals surface area contributed by atoms with Crippen molar-refractivity contribution in [2.24, 2.45) is 0 Å². The number of pyridine rings is 1. The van der Waals surface area contributed by atoms with E-state index in [2.05, 4.69) is 21.5 Å². The molecule has 0 aliphatic carbocycles. The molecule has 20 heavy (non-hydrogen) atoms. The third-order valence-corrected chi connectivity index (χ3v) is 4.65. The van der Waals surface area contributed by atoms with Gasteiger partial charge in [-0.3, -0.25) is 4.98 Å². The summed E-state index contributed by atoms with van der Waals surface area (Å²) in [5, 5.41) is 8.63. The van der Waals surface area contributed by atoms with E-state index in [0.29, 0.717) is 5.56 Å². The van der Waals surface area contributed by atoms with Crippen molar-refractivity contribution in [2.45, 2.75) is 24.3 Å². The molecule has 1 unspecified atom stereocenters. The smallest absolute Gasteiger partial charge is 0.242 e. The standard InChI is InChI=1S/C13H18N2O3S2/c1-11(5-7-19-2)15-20(17,18)13-8-12(4-3-6-16)9-14-10-13/h8-11,15-16H,5-7H2,1-2H3. The van der Waals surface area contributed by atoms with Gasteiger partial charge in [0.05, 0.1) is 0 Å². The predicted octanol–water partition coefficient (Wildman–Crippen LogP) is 0.845. The summed E-state index contributed by atoms with van der Waals surface area (Å²) in [6.45, 7) is 1.55. The lowest BCUT2D eigenvalue weighted by Gasteiger charge is -2.13. The molecule has 0 aromatic carbocycles. The first kappa shape index (κ1) is 17.0. The molecule has 1 aromatic heterocycles. The number of rotatable bonds is 6. The number of hydrogen-bond acceptors (Lipinski definition) is 5. The van der Waals surface area contributed by atoms with Crippen molar-refractivity contribution in [3.8, 4) is 11.8 Å². The molecular formula is C13H18N2O3S2. The molecule has 2 N–H and O–H groups in total. The highest BCUT2D eigenvalue weighted by atomic mass is 32.2. The second-order valence-electron chi connectivity index (χ2n) is 4.17. The molecule has 0 bridgehead atoms. The molecule has 0 fully saturated rings. The quantitative estimate of drug-likeness (QED) is 0.761. The molecule has 110 valence electrons. The fraction of sp³-hybridized carbons (Fsp3) is 0.462. The summed E-state index contributed by atoms with van der Waals surface area (Å²) in [5.41, 5.74) is 0.457. The number of aliphatic hydroxyl groups excluding tert-OH is 1. The van der Waals surface area contributed by atoms with Crippen LogP contribution >= 0.6 is 11.8 Å². The zero-order valence-corrected chi connectivity index (χ0v) is 13.1. The number of hydrogen-bond donors (Lipinski definition) is 2. The Morgan fingerprint density at radius 2 is 2.25 bits per heavy atom. The molecule has 0 aliphatic heterocycles. The van der Waals surface area contributed by atoms with Gasteiger partial charge in [-0.15, -0.1) is 0 Å². The van der Waals surface area contributed by atoms with Gasteiger partial charge in [-0.2, -0.15) is 11.8 Å². The van der Waals surface area contributed by atoms with E-state index in [-0.39, 0.29) is 17.5 Å². The van der Waals surface area contributed by atoms with E-state index in [9.17, 15) is 8.42 Å².